The normalized spacial score (nSPS) is 12.7. The molecule has 0 atom stereocenters. The van der Waals surface area contributed by atoms with E-state index in [1.54, 1.807) is 0 Å². The van der Waals surface area contributed by atoms with E-state index in [1.807, 2.05) is 5.92 Å². The van der Waals surface area contributed by atoms with Gasteiger partial charge in [-0.25, -0.2) is 0 Å². The summed E-state index contributed by atoms with van der Waals surface area (Å²) in [7, 11) is 0. The van der Waals surface area contributed by atoms with Crippen LogP contribution in [0.2, 0.25) is 0 Å². The van der Waals surface area contributed by atoms with Crippen molar-refractivity contribution in [2.45, 2.75) is 99.3 Å². The molecule has 0 bridgehead atoms. The van der Waals surface area contributed by atoms with Crippen LogP contribution in [-0.2, 0) is 0 Å². The fourth-order valence-electron chi connectivity index (χ4n) is 2.79. The monoisotopic (exact) mass is 253 g/mol. The van der Waals surface area contributed by atoms with Gasteiger partial charge in [0, 0.05) is 0 Å². The largest absolute Gasteiger partial charge is 0.0654 e. The van der Waals surface area contributed by atoms with Gasteiger partial charge in [-0.05, 0) is 36.5 Å². The Morgan fingerprint density at radius 1 is 0.889 bits per heavy atom. The minimum atomic E-state index is 0.465. The van der Waals surface area contributed by atoms with Crippen molar-refractivity contribution in [1.82, 2.24) is 0 Å². The average molecular weight is 253 g/mol. The summed E-state index contributed by atoms with van der Waals surface area (Å²) in [6.45, 7) is 14.3. The minimum Gasteiger partial charge on any atom is -0.0654 e. The molecule has 18 heavy (non-hydrogen) atoms. The first-order chi connectivity index (χ1) is 8.44. The molecule has 1 radical (unpaired) electrons. The number of rotatable bonds is 11. The lowest BCUT2D eigenvalue weighted by Crippen LogP contribution is -2.24. The highest BCUT2D eigenvalue weighted by Gasteiger charge is 2.29. The topological polar surface area (TPSA) is 0 Å². The number of hydrogen-bond donors (Lipinski definition) is 0. The highest BCUT2D eigenvalue weighted by molar-refractivity contribution is 5.03. The lowest BCUT2D eigenvalue weighted by Gasteiger charge is -2.35. The molecule has 0 heterocycles. The first kappa shape index (κ1) is 18.0. The lowest BCUT2D eigenvalue weighted by atomic mass is 9.69. The van der Waals surface area contributed by atoms with Gasteiger partial charge in [-0.15, -0.1) is 0 Å². The Kier molecular flexibility index (Phi) is 9.87. The van der Waals surface area contributed by atoms with E-state index < -0.39 is 0 Å². The molecule has 0 aromatic carbocycles. The van der Waals surface area contributed by atoms with Gasteiger partial charge in [-0.3, -0.25) is 0 Å². The molecule has 0 fully saturated rings. The molecule has 0 aromatic heterocycles. The molecule has 0 aromatic rings. The summed E-state index contributed by atoms with van der Waals surface area (Å²) < 4.78 is 0. The molecular weight excluding hydrogens is 216 g/mol. The molecule has 0 nitrogen and oxygen atoms in total. The van der Waals surface area contributed by atoms with E-state index in [9.17, 15) is 0 Å². The molecule has 0 aliphatic rings. The van der Waals surface area contributed by atoms with Crippen LogP contribution < -0.4 is 0 Å². The summed E-state index contributed by atoms with van der Waals surface area (Å²) in [5.74, 6) is 2.65. The predicted octanol–water partition coefficient (Wildman–Crippen LogP) is 6.79. The second-order valence-electron chi connectivity index (χ2n) is 7.00. The van der Waals surface area contributed by atoms with E-state index in [0.29, 0.717) is 5.41 Å². The van der Waals surface area contributed by atoms with Gasteiger partial charge < -0.3 is 0 Å². The molecule has 0 amide bonds. The first-order valence-corrected chi connectivity index (χ1v) is 8.29. The van der Waals surface area contributed by atoms with Crippen LogP contribution in [-0.4, -0.2) is 0 Å². The summed E-state index contributed by atoms with van der Waals surface area (Å²) in [5, 5.41) is 0. The summed E-state index contributed by atoms with van der Waals surface area (Å²) >= 11 is 0. The first-order valence-electron chi connectivity index (χ1n) is 8.29. The zero-order chi connectivity index (χ0) is 14.0. The van der Waals surface area contributed by atoms with Crippen LogP contribution in [0.1, 0.15) is 99.3 Å². The number of hydrogen-bond acceptors (Lipinski definition) is 0. The molecular formula is C18H37. The molecule has 0 aliphatic carbocycles. The molecule has 0 aliphatic heterocycles. The maximum atomic E-state index is 2.48. The van der Waals surface area contributed by atoms with Gasteiger partial charge in [0.1, 0.15) is 0 Å². The minimum absolute atomic E-state index is 0.465. The number of unbranched alkanes of at least 4 members (excludes halogenated alkanes) is 4. The van der Waals surface area contributed by atoms with Crippen molar-refractivity contribution in [1.29, 1.82) is 0 Å². The van der Waals surface area contributed by atoms with E-state index >= 15 is 0 Å². The third kappa shape index (κ3) is 8.16. The van der Waals surface area contributed by atoms with E-state index in [4.69, 9.17) is 0 Å². The summed E-state index contributed by atoms with van der Waals surface area (Å²) in [5.41, 5.74) is 0.465. The summed E-state index contributed by atoms with van der Waals surface area (Å²) in [4.78, 5) is 0. The third-order valence-corrected chi connectivity index (χ3v) is 4.10. The fourth-order valence-corrected chi connectivity index (χ4v) is 2.79. The van der Waals surface area contributed by atoms with Gasteiger partial charge >= 0.3 is 0 Å². The van der Waals surface area contributed by atoms with E-state index in [0.717, 1.165) is 5.92 Å². The van der Waals surface area contributed by atoms with Gasteiger partial charge in [-0.1, -0.05) is 80.1 Å². The zero-order valence-corrected chi connectivity index (χ0v) is 13.9. The van der Waals surface area contributed by atoms with Crippen molar-refractivity contribution in [3.05, 3.63) is 5.92 Å². The maximum Gasteiger partial charge on any atom is -0.0182 e. The van der Waals surface area contributed by atoms with Gasteiger partial charge in [0.05, 0.1) is 0 Å². The Morgan fingerprint density at radius 2 is 1.44 bits per heavy atom. The molecule has 0 spiro atoms. The molecule has 0 rings (SSSR count). The van der Waals surface area contributed by atoms with Crippen molar-refractivity contribution in [2.24, 2.45) is 11.3 Å². The van der Waals surface area contributed by atoms with E-state index in [1.165, 1.54) is 57.8 Å². The van der Waals surface area contributed by atoms with Crippen LogP contribution in [0, 0.1) is 17.3 Å². The highest BCUT2D eigenvalue weighted by atomic mass is 14.3. The van der Waals surface area contributed by atoms with Crippen LogP contribution in [0.15, 0.2) is 0 Å². The van der Waals surface area contributed by atoms with Gasteiger partial charge in [0.25, 0.3) is 0 Å². The van der Waals surface area contributed by atoms with E-state index in [-0.39, 0.29) is 0 Å². The van der Waals surface area contributed by atoms with Crippen molar-refractivity contribution >= 4 is 0 Å². The Morgan fingerprint density at radius 3 is 1.94 bits per heavy atom. The fraction of sp³-hybridized carbons (Fsp3) is 0.944. The Balaban J connectivity index is 4.29. The van der Waals surface area contributed by atoms with Crippen LogP contribution in [0.4, 0.5) is 0 Å². The van der Waals surface area contributed by atoms with Crippen LogP contribution in [0.5, 0.6) is 0 Å². The standard InChI is InChI=1S/C18H37/c1-7-9-11-13-17(15-16(3)4)18(5,6)14-12-10-8-2/h16H,7-15H2,1-6H3. The summed E-state index contributed by atoms with van der Waals surface area (Å²) in [6.07, 6.45) is 12.4. The van der Waals surface area contributed by atoms with Crippen molar-refractivity contribution < 1.29 is 0 Å². The Hall–Kier alpha value is 0. The lowest BCUT2D eigenvalue weighted by molar-refractivity contribution is 0.288. The predicted molar refractivity (Wildman–Crippen MR) is 84.8 cm³/mol. The van der Waals surface area contributed by atoms with Crippen molar-refractivity contribution in [3.8, 4) is 0 Å². The van der Waals surface area contributed by atoms with Crippen molar-refractivity contribution in [3.63, 3.8) is 0 Å². The highest BCUT2D eigenvalue weighted by Crippen LogP contribution is 2.41. The molecule has 0 saturated heterocycles. The molecule has 0 unspecified atom stereocenters. The van der Waals surface area contributed by atoms with Gasteiger partial charge in [0.2, 0.25) is 0 Å². The summed E-state index contributed by atoms with van der Waals surface area (Å²) in [6, 6.07) is 0. The quantitative estimate of drug-likeness (QED) is 0.355. The van der Waals surface area contributed by atoms with Gasteiger partial charge in [-0.2, -0.15) is 0 Å². The third-order valence-electron chi connectivity index (χ3n) is 4.10. The SMILES string of the molecule is CCCCC[C](CC(C)C)C(C)(C)CCCCC. The smallest absolute Gasteiger partial charge is 0.0182 e. The Bertz CT molecular complexity index is 178. The van der Waals surface area contributed by atoms with Crippen LogP contribution in [0.3, 0.4) is 0 Å². The van der Waals surface area contributed by atoms with Gasteiger partial charge in [0.15, 0.2) is 0 Å². The molecule has 0 heteroatoms. The van der Waals surface area contributed by atoms with Crippen LogP contribution >= 0.6 is 0 Å². The second-order valence-corrected chi connectivity index (χ2v) is 7.00. The zero-order valence-electron chi connectivity index (χ0n) is 13.9. The van der Waals surface area contributed by atoms with Crippen LogP contribution in [0.25, 0.3) is 0 Å². The van der Waals surface area contributed by atoms with Crippen molar-refractivity contribution in [2.75, 3.05) is 0 Å². The molecule has 0 N–H and O–H groups in total. The van der Waals surface area contributed by atoms with E-state index in [2.05, 4.69) is 41.5 Å². The maximum absolute atomic E-state index is 2.48. The second kappa shape index (κ2) is 9.87. The Labute approximate surface area is 117 Å². The molecule has 109 valence electrons. The molecule has 0 saturated carbocycles. The average Bonchev–Trinajstić information content (AvgIpc) is 2.27.